The summed E-state index contributed by atoms with van der Waals surface area (Å²) < 4.78 is 7.27. The van der Waals surface area contributed by atoms with Crippen LogP contribution >= 0.6 is 23.4 Å². The van der Waals surface area contributed by atoms with Gasteiger partial charge in [0, 0.05) is 41.4 Å². The number of ketones is 1. The standard InChI is InChI=1S/C18H22ClNO2S/c1-13-10-17(14(2)20(13)8-9-22-3)18(21)12-23-11-15-4-6-16(19)7-5-15/h4-7,10H,8-9,11-12H2,1-3H3. The number of aryl methyl sites for hydroxylation is 1. The van der Waals surface area contributed by atoms with E-state index in [9.17, 15) is 4.79 Å². The second-order valence-corrected chi connectivity index (χ2v) is 6.89. The molecule has 124 valence electrons. The van der Waals surface area contributed by atoms with Crippen LogP contribution in [0.5, 0.6) is 0 Å². The summed E-state index contributed by atoms with van der Waals surface area (Å²) in [5.74, 6) is 1.48. The van der Waals surface area contributed by atoms with Crippen molar-refractivity contribution in [3.8, 4) is 0 Å². The number of rotatable bonds is 8. The normalized spacial score (nSPS) is 11.0. The van der Waals surface area contributed by atoms with E-state index in [1.165, 1.54) is 5.56 Å². The van der Waals surface area contributed by atoms with Crippen LogP contribution in [0.3, 0.4) is 0 Å². The Morgan fingerprint density at radius 3 is 2.61 bits per heavy atom. The Hall–Kier alpha value is -1.23. The Balaban J connectivity index is 1.94. The fraction of sp³-hybridized carbons (Fsp3) is 0.389. The maximum atomic E-state index is 12.5. The topological polar surface area (TPSA) is 31.2 Å². The zero-order valence-electron chi connectivity index (χ0n) is 13.8. The van der Waals surface area contributed by atoms with Crippen molar-refractivity contribution in [3.05, 3.63) is 57.9 Å². The third-order valence-electron chi connectivity index (χ3n) is 3.81. The van der Waals surface area contributed by atoms with Crippen molar-refractivity contribution in [2.24, 2.45) is 0 Å². The van der Waals surface area contributed by atoms with Crippen LogP contribution in [-0.4, -0.2) is 29.8 Å². The van der Waals surface area contributed by atoms with E-state index >= 15 is 0 Å². The summed E-state index contributed by atoms with van der Waals surface area (Å²) in [5, 5.41) is 0.735. The van der Waals surface area contributed by atoms with Gasteiger partial charge in [0.1, 0.15) is 0 Å². The van der Waals surface area contributed by atoms with Gasteiger partial charge in [0.25, 0.3) is 0 Å². The maximum Gasteiger partial charge on any atom is 0.174 e. The van der Waals surface area contributed by atoms with E-state index in [1.54, 1.807) is 18.9 Å². The maximum absolute atomic E-state index is 12.5. The van der Waals surface area contributed by atoms with Gasteiger partial charge in [0.2, 0.25) is 0 Å². The molecule has 23 heavy (non-hydrogen) atoms. The Morgan fingerprint density at radius 1 is 1.26 bits per heavy atom. The van der Waals surface area contributed by atoms with Gasteiger partial charge in [-0.05, 0) is 37.6 Å². The fourth-order valence-electron chi connectivity index (χ4n) is 2.53. The summed E-state index contributed by atoms with van der Waals surface area (Å²) >= 11 is 7.50. The van der Waals surface area contributed by atoms with Crippen LogP contribution in [0.25, 0.3) is 0 Å². The monoisotopic (exact) mass is 351 g/mol. The fourth-order valence-corrected chi connectivity index (χ4v) is 3.53. The zero-order chi connectivity index (χ0) is 16.8. The Kier molecular flexibility index (Phi) is 6.75. The molecule has 1 heterocycles. The van der Waals surface area contributed by atoms with Crippen LogP contribution in [0, 0.1) is 13.8 Å². The number of ether oxygens (including phenoxy) is 1. The predicted octanol–water partition coefficient (Wildman–Crippen LogP) is 4.52. The highest BCUT2D eigenvalue weighted by Crippen LogP contribution is 2.20. The molecule has 0 fully saturated rings. The number of halogens is 1. The van der Waals surface area contributed by atoms with Gasteiger partial charge in [0.15, 0.2) is 5.78 Å². The molecule has 3 nitrogen and oxygen atoms in total. The number of hydrogen-bond donors (Lipinski definition) is 0. The molecule has 0 amide bonds. The van der Waals surface area contributed by atoms with E-state index in [2.05, 4.69) is 4.57 Å². The third-order valence-corrected chi connectivity index (χ3v) is 5.06. The molecule has 0 saturated carbocycles. The molecule has 0 aliphatic carbocycles. The molecule has 2 aromatic rings. The van der Waals surface area contributed by atoms with Crippen molar-refractivity contribution < 1.29 is 9.53 Å². The minimum absolute atomic E-state index is 0.181. The zero-order valence-corrected chi connectivity index (χ0v) is 15.3. The number of Topliss-reactive ketones (excluding diaryl/α,β-unsaturated/α-hetero) is 1. The van der Waals surface area contributed by atoms with Crippen LogP contribution < -0.4 is 0 Å². The van der Waals surface area contributed by atoms with Crippen LogP contribution in [0.4, 0.5) is 0 Å². The Labute approximate surface area is 147 Å². The molecular formula is C18H22ClNO2S. The second-order valence-electron chi connectivity index (χ2n) is 5.47. The number of methoxy groups -OCH3 is 1. The quantitative estimate of drug-likeness (QED) is 0.655. The Morgan fingerprint density at radius 2 is 1.96 bits per heavy atom. The molecule has 0 saturated heterocycles. The van der Waals surface area contributed by atoms with E-state index in [0.29, 0.717) is 12.4 Å². The lowest BCUT2D eigenvalue weighted by atomic mass is 10.2. The first-order valence-corrected chi connectivity index (χ1v) is 9.07. The van der Waals surface area contributed by atoms with Crippen LogP contribution in [0.1, 0.15) is 27.3 Å². The third kappa shape index (κ3) is 4.87. The number of carbonyl (C=O) groups is 1. The predicted molar refractivity (Wildman–Crippen MR) is 97.7 cm³/mol. The highest BCUT2D eigenvalue weighted by Gasteiger charge is 2.15. The highest BCUT2D eigenvalue weighted by atomic mass is 35.5. The minimum atomic E-state index is 0.181. The van der Waals surface area contributed by atoms with Gasteiger partial charge >= 0.3 is 0 Å². The first-order chi connectivity index (χ1) is 11.0. The number of benzene rings is 1. The molecule has 0 radical (unpaired) electrons. The molecule has 1 aromatic heterocycles. The SMILES string of the molecule is COCCn1c(C)cc(C(=O)CSCc2ccc(Cl)cc2)c1C. The number of nitrogens with zero attached hydrogens (tertiary/aromatic N) is 1. The van der Waals surface area contributed by atoms with E-state index < -0.39 is 0 Å². The molecule has 5 heteroatoms. The molecule has 0 atom stereocenters. The second kappa shape index (κ2) is 8.57. The van der Waals surface area contributed by atoms with Gasteiger partial charge in [-0.3, -0.25) is 4.79 Å². The Bertz CT molecular complexity index is 664. The summed E-state index contributed by atoms with van der Waals surface area (Å²) in [7, 11) is 1.69. The summed E-state index contributed by atoms with van der Waals surface area (Å²) in [5.41, 5.74) is 4.13. The van der Waals surface area contributed by atoms with Crippen molar-refractivity contribution in [1.29, 1.82) is 0 Å². The lowest BCUT2D eigenvalue weighted by Crippen LogP contribution is -2.09. The molecule has 1 aromatic carbocycles. The van der Waals surface area contributed by atoms with Gasteiger partial charge in [-0.1, -0.05) is 23.7 Å². The molecule has 2 rings (SSSR count). The molecule has 0 spiro atoms. The van der Waals surface area contributed by atoms with Crippen LogP contribution in [0.2, 0.25) is 5.02 Å². The number of hydrogen-bond acceptors (Lipinski definition) is 3. The summed E-state index contributed by atoms with van der Waals surface area (Å²) in [6.45, 7) is 5.45. The van der Waals surface area contributed by atoms with Crippen molar-refractivity contribution in [3.63, 3.8) is 0 Å². The molecular weight excluding hydrogens is 330 g/mol. The van der Waals surface area contributed by atoms with Crippen molar-refractivity contribution in [2.75, 3.05) is 19.5 Å². The van der Waals surface area contributed by atoms with Crippen molar-refractivity contribution in [2.45, 2.75) is 26.1 Å². The van der Waals surface area contributed by atoms with E-state index in [-0.39, 0.29) is 5.78 Å². The lowest BCUT2D eigenvalue weighted by molar-refractivity contribution is 0.102. The molecule has 0 unspecified atom stereocenters. The first-order valence-electron chi connectivity index (χ1n) is 7.54. The highest BCUT2D eigenvalue weighted by molar-refractivity contribution is 7.99. The van der Waals surface area contributed by atoms with E-state index in [1.807, 2.05) is 44.2 Å². The number of carbonyl (C=O) groups excluding carboxylic acids is 1. The lowest BCUT2D eigenvalue weighted by Gasteiger charge is -2.08. The van der Waals surface area contributed by atoms with E-state index in [0.717, 1.165) is 34.3 Å². The summed E-state index contributed by atoms with van der Waals surface area (Å²) in [6.07, 6.45) is 0. The molecule has 0 aliphatic rings. The molecule has 0 aliphatic heterocycles. The molecule has 0 bridgehead atoms. The van der Waals surface area contributed by atoms with Crippen molar-refractivity contribution in [1.82, 2.24) is 4.57 Å². The van der Waals surface area contributed by atoms with Gasteiger partial charge < -0.3 is 9.30 Å². The molecule has 0 N–H and O–H groups in total. The van der Waals surface area contributed by atoms with E-state index in [4.69, 9.17) is 16.3 Å². The average Bonchev–Trinajstić information content (AvgIpc) is 2.82. The largest absolute Gasteiger partial charge is 0.383 e. The minimum Gasteiger partial charge on any atom is -0.383 e. The first kappa shape index (κ1) is 18.1. The van der Waals surface area contributed by atoms with Gasteiger partial charge in [-0.25, -0.2) is 0 Å². The number of aromatic nitrogens is 1. The number of thioether (sulfide) groups is 1. The smallest absolute Gasteiger partial charge is 0.174 e. The summed E-state index contributed by atoms with van der Waals surface area (Å²) in [4.78, 5) is 12.5. The van der Waals surface area contributed by atoms with Gasteiger partial charge in [-0.2, -0.15) is 0 Å². The van der Waals surface area contributed by atoms with Crippen LogP contribution in [0.15, 0.2) is 30.3 Å². The van der Waals surface area contributed by atoms with Gasteiger partial charge in [-0.15, -0.1) is 11.8 Å². The van der Waals surface area contributed by atoms with Gasteiger partial charge in [0.05, 0.1) is 12.4 Å². The van der Waals surface area contributed by atoms with Crippen LogP contribution in [-0.2, 0) is 17.0 Å². The average molecular weight is 352 g/mol. The summed E-state index contributed by atoms with van der Waals surface area (Å²) in [6, 6.07) is 9.73. The van der Waals surface area contributed by atoms with Crippen molar-refractivity contribution >= 4 is 29.1 Å².